The fourth-order valence-electron chi connectivity index (χ4n) is 2.38. The number of carbonyl (C=O) groups is 1. The van der Waals surface area contributed by atoms with Gasteiger partial charge in [-0.05, 0) is 42.3 Å². The molecular weight excluding hydrogens is 295 g/mol. The lowest BCUT2D eigenvalue weighted by molar-refractivity contribution is 0.1000. The Morgan fingerprint density at radius 1 is 1.17 bits per heavy atom. The number of hydrogen-bond donors (Lipinski definition) is 2. The molecule has 0 unspecified atom stereocenters. The molecular formula is C17H15FN4O. The van der Waals surface area contributed by atoms with Gasteiger partial charge in [-0.25, -0.2) is 14.4 Å². The lowest BCUT2D eigenvalue weighted by atomic mass is 10.1. The molecule has 3 rings (SSSR count). The predicted molar refractivity (Wildman–Crippen MR) is 86.6 cm³/mol. The number of benzene rings is 2. The topological polar surface area (TPSA) is 80.9 Å². The summed E-state index contributed by atoms with van der Waals surface area (Å²) in [6, 6.07) is 11.6. The summed E-state index contributed by atoms with van der Waals surface area (Å²) in [4.78, 5) is 19.5. The molecule has 0 saturated heterocycles. The van der Waals surface area contributed by atoms with E-state index in [1.807, 2.05) is 6.07 Å². The van der Waals surface area contributed by atoms with Crippen molar-refractivity contribution in [2.45, 2.75) is 6.42 Å². The molecule has 0 atom stereocenters. The number of nitrogens with zero attached hydrogens (tertiary/aromatic N) is 2. The fraction of sp³-hybridized carbons (Fsp3) is 0.118. The largest absolute Gasteiger partial charge is 0.369 e. The van der Waals surface area contributed by atoms with Crippen LogP contribution < -0.4 is 11.1 Å². The molecule has 6 heteroatoms. The molecule has 0 aliphatic rings. The van der Waals surface area contributed by atoms with Crippen LogP contribution in [0.15, 0.2) is 48.8 Å². The molecule has 5 nitrogen and oxygen atoms in total. The van der Waals surface area contributed by atoms with Crippen molar-refractivity contribution in [1.82, 2.24) is 9.97 Å². The van der Waals surface area contributed by atoms with E-state index in [-0.39, 0.29) is 5.82 Å². The van der Waals surface area contributed by atoms with E-state index in [0.717, 1.165) is 5.56 Å². The van der Waals surface area contributed by atoms with Crippen molar-refractivity contribution in [3.05, 3.63) is 65.7 Å². The quantitative estimate of drug-likeness (QED) is 0.759. The van der Waals surface area contributed by atoms with Gasteiger partial charge in [0.25, 0.3) is 0 Å². The Kier molecular flexibility index (Phi) is 4.14. The van der Waals surface area contributed by atoms with Crippen molar-refractivity contribution < 1.29 is 9.18 Å². The second-order valence-electron chi connectivity index (χ2n) is 5.13. The smallest absolute Gasteiger partial charge is 0.248 e. The molecule has 0 radical (unpaired) electrons. The summed E-state index contributed by atoms with van der Waals surface area (Å²) in [7, 11) is 0. The van der Waals surface area contributed by atoms with Gasteiger partial charge in [-0.15, -0.1) is 0 Å². The maximum atomic E-state index is 13.4. The molecule has 0 bridgehead atoms. The number of carbonyl (C=O) groups excluding carboxylic acids is 1. The normalized spacial score (nSPS) is 10.7. The van der Waals surface area contributed by atoms with Crippen LogP contribution >= 0.6 is 0 Å². The average molecular weight is 310 g/mol. The Bertz CT molecular complexity index is 866. The van der Waals surface area contributed by atoms with Crippen LogP contribution in [-0.2, 0) is 6.42 Å². The SMILES string of the molecule is NC(=O)c1cccc(CCNc2ncnc3ccc(F)cc23)c1. The molecule has 23 heavy (non-hydrogen) atoms. The highest BCUT2D eigenvalue weighted by Crippen LogP contribution is 2.20. The van der Waals surface area contributed by atoms with Crippen LogP contribution in [-0.4, -0.2) is 22.4 Å². The van der Waals surface area contributed by atoms with Gasteiger partial charge in [-0.3, -0.25) is 4.79 Å². The van der Waals surface area contributed by atoms with Crippen molar-refractivity contribution in [2.24, 2.45) is 5.73 Å². The third kappa shape index (κ3) is 3.42. The Balaban J connectivity index is 1.73. The molecule has 0 saturated carbocycles. The van der Waals surface area contributed by atoms with Gasteiger partial charge < -0.3 is 11.1 Å². The average Bonchev–Trinajstić information content (AvgIpc) is 2.55. The van der Waals surface area contributed by atoms with E-state index in [1.165, 1.54) is 18.5 Å². The standard InChI is InChI=1S/C17H15FN4O/c18-13-4-5-15-14(9-13)17(22-10-21-15)20-7-6-11-2-1-3-12(8-11)16(19)23/h1-5,8-10H,6-7H2,(H2,19,23)(H,20,21,22). The summed E-state index contributed by atoms with van der Waals surface area (Å²) in [6.07, 6.45) is 2.12. The molecule has 2 aromatic carbocycles. The zero-order valence-corrected chi connectivity index (χ0v) is 12.3. The summed E-state index contributed by atoms with van der Waals surface area (Å²) >= 11 is 0. The lowest BCUT2D eigenvalue weighted by Gasteiger charge is -2.09. The van der Waals surface area contributed by atoms with Gasteiger partial charge in [0.05, 0.1) is 5.52 Å². The van der Waals surface area contributed by atoms with Crippen LogP contribution in [0.4, 0.5) is 10.2 Å². The molecule has 3 N–H and O–H groups in total. The van der Waals surface area contributed by atoms with Crippen LogP contribution in [0.3, 0.4) is 0 Å². The number of rotatable bonds is 5. The Morgan fingerprint density at radius 3 is 2.87 bits per heavy atom. The van der Waals surface area contributed by atoms with Crippen LogP contribution in [0.5, 0.6) is 0 Å². The highest BCUT2D eigenvalue weighted by molar-refractivity contribution is 5.93. The third-order valence-corrected chi connectivity index (χ3v) is 3.51. The van der Waals surface area contributed by atoms with Gasteiger partial charge in [-0.1, -0.05) is 12.1 Å². The van der Waals surface area contributed by atoms with E-state index < -0.39 is 5.91 Å². The van der Waals surface area contributed by atoms with Gasteiger partial charge in [0.2, 0.25) is 5.91 Å². The minimum absolute atomic E-state index is 0.329. The van der Waals surface area contributed by atoms with Crippen LogP contribution in [0.1, 0.15) is 15.9 Å². The van der Waals surface area contributed by atoms with Gasteiger partial charge >= 0.3 is 0 Å². The van der Waals surface area contributed by atoms with Crippen molar-refractivity contribution in [3.63, 3.8) is 0 Å². The van der Waals surface area contributed by atoms with Crippen LogP contribution in [0.2, 0.25) is 0 Å². The van der Waals surface area contributed by atoms with E-state index in [9.17, 15) is 9.18 Å². The molecule has 1 amide bonds. The van der Waals surface area contributed by atoms with Gasteiger partial charge in [0, 0.05) is 17.5 Å². The van der Waals surface area contributed by atoms with Crippen molar-refractivity contribution in [2.75, 3.05) is 11.9 Å². The van der Waals surface area contributed by atoms with E-state index in [2.05, 4.69) is 15.3 Å². The highest BCUT2D eigenvalue weighted by Gasteiger charge is 2.05. The number of hydrogen-bond acceptors (Lipinski definition) is 4. The molecule has 116 valence electrons. The second-order valence-corrected chi connectivity index (χ2v) is 5.13. The number of primary amides is 1. The molecule has 0 aliphatic heterocycles. The van der Waals surface area contributed by atoms with E-state index in [1.54, 1.807) is 24.3 Å². The van der Waals surface area contributed by atoms with Crippen molar-refractivity contribution in [3.8, 4) is 0 Å². The molecule has 0 spiro atoms. The molecule has 0 aliphatic carbocycles. The number of amides is 1. The Morgan fingerprint density at radius 2 is 2.04 bits per heavy atom. The van der Waals surface area contributed by atoms with E-state index >= 15 is 0 Å². The summed E-state index contributed by atoms with van der Waals surface area (Å²) < 4.78 is 13.4. The Labute approximate surface area is 132 Å². The molecule has 3 aromatic rings. The summed E-state index contributed by atoms with van der Waals surface area (Å²) in [5.41, 5.74) is 7.42. The monoisotopic (exact) mass is 310 g/mol. The van der Waals surface area contributed by atoms with E-state index in [4.69, 9.17) is 5.73 Å². The van der Waals surface area contributed by atoms with Crippen LogP contribution in [0, 0.1) is 5.82 Å². The number of anilines is 1. The minimum atomic E-state index is -0.447. The number of nitrogens with one attached hydrogen (secondary N) is 1. The summed E-state index contributed by atoms with van der Waals surface area (Å²) in [6.45, 7) is 0.588. The first kappa shape index (κ1) is 14.9. The number of nitrogens with two attached hydrogens (primary N) is 1. The number of aromatic nitrogens is 2. The third-order valence-electron chi connectivity index (χ3n) is 3.51. The number of halogens is 1. The van der Waals surface area contributed by atoms with Gasteiger partial charge in [-0.2, -0.15) is 0 Å². The van der Waals surface area contributed by atoms with Crippen molar-refractivity contribution >= 4 is 22.6 Å². The van der Waals surface area contributed by atoms with Gasteiger partial charge in [0.1, 0.15) is 18.0 Å². The van der Waals surface area contributed by atoms with Crippen molar-refractivity contribution in [1.29, 1.82) is 0 Å². The maximum Gasteiger partial charge on any atom is 0.248 e. The highest BCUT2D eigenvalue weighted by atomic mass is 19.1. The Hall–Kier alpha value is -3.02. The summed E-state index contributed by atoms with van der Waals surface area (Å²) in [5.74, 6) is -0.192. The first-order valence-corrected chi connectivity index (χ1v) is 7.16. The fourth-order valence-corrected chi connectivity index (χ4v) is 2.38. The molecule has 1 aromatic heterocycles. The summed E-state index contributed by atoms with van der Waals surface area (Å²) in [5, 5.41) is 3.82. The van der Waals surface area contributed by atoms with E-state index in [0.29, 0.717) is 35.2 Å². The maximum absolute atomic E-state index is 13.4. The zero-order chi connectivity index (χ0) is 16.2. The zero-order valence-electron chi connectivity index (χ0n) is 12.3. The minimum Gasteiger partial charge on any atom is -0.369 e. The first-order valence-electron chi connectivity index (χ1n) is 7.16. The second kappa shape index (κ2) is 6.39. The van der Waals surface area contributed by atoms with Crippen LogP contribution in [0.25, 0.3) is 10.9 Å². The molecule has 0 fully saturated rings. The van der Waals surface area contributed by atoms with Gasteiger partial charge in [0.15, 0.2) is 0 Å². The first-order chi connectivity index (χ1) is 11.1. The molecule has 1 heterocycles. The predicted octanol–water partition coefficient (Wildman–Crippen LogP) is 2.52. The lowest BCUT2D eigenvalue weighted by Crippen LogP contribution is -2.12. The number of fused-ring (bicyclic) bond motifs is 1.